The van der Waals surface area contributed by atoms with Crippen molar-refractivity contribution in [2.75, 3.05) is 13.1 Å². The van der Waals surface area contributed by atoms with E-state index in [1.165, 1.54) is 29.0 Å². The zero-order valence-corrected chi connectivity index (χ0v) is 16.1. The Kier molecular flexibility index (Phi) is 4.64. The second kappa shape index (κ2) is 7.45. The first kappa shape index (κ1) is 18.1. The second-order valence-corrected chi connectivity index (χ2v) is 7.73. The molecule has 0 atom stereocenters. The zero-order chi connectivity index (χ0) is 19.8. The monoisotopic (exact) mass is 388 g/mol. The highest BCUT2D eigenvalue weighted by atomic mass is 19.1. The summed E-state index contributed by atoms with van der Waals surface area (Å²) < 4.78 is 27.7. The Balaban J connectivity index is 1.51. The Bertz CT molecular complexity index is 1140. The summed E-state index contributed by atoms with van der Waals surface area (Å²) >= 11 is 0. The molecule has 4 heteroatoms. The van der Waals surface area contributed by atoms with Gasteiger partial charge in [-0.25, -0.2) is 8.78 Å². The van der Waals surface area contributed by atoms with Crippen LogP contribution in [0.1, 0.15) is 16.8 Å². The van der Waals surface area contributed by atoms with Crippen LogP contribution in [0, 0.1) is 11.6 Å². The molecular formula is C25H22F2N2. The number of H-pyrrole nitrogens is 1. The molecular weight excluding hydrogens is 366 g/mol. The fraction of sp³-hybridized carbons (Fsp3) is 0.200. The number of fused-ring (bicyclic) bond motifs is 3. The lowest BCUT2D eigenvalue weighted by Crippen LogP contribution is -2.26. The summed E-state index contributed by atoms with van der Waals surface area (Å²) in [4.78, 5) is 6.04. The van der Waals surface area contributed by atoms with E-state index in [4.69, 9.17) is 0 Å². The molecule has 29 heavy (non-hydrogen) atoms. The molecule has 3 aromatic carbocycles. The minimum Gasteiger partial charge on any atom is -0.358 e. The average Bonchev–Trinajstić information content (AvgIpc) is 2.96. The first-order valence-electron chi connectivity index (χ1n) is 10.0. The lowest BCUT2D eigenvalue weighted by molar-refractivity contribution is 0.279. The highest BCUT2D eigenvalue weighted by Gasteiger charge is 2.21. The van der Waals surface area contributed by atoms with Gasteiger partial charge in [-0.15, -0.1) is 0 Å². The lowest BCUT2D eigenvalue weighted by atomic mass is 9.96. The van der Waals surface area contributed by atoms with Gasteiger partial charge in [0.1, 0.15) is 11.6 Å². The number of nitrogens with zero attached hydrogens (tertiary/aromatic N) is 1. The molecule has 0 radical (unpaired) electrons. The van der Waals surface area contributed by atoms with Gasteiger partial charge in [-0.1, -0.05) is 42.5 Å². The van der Waals surface area contributed by atoms with Crippen molar-refractivity contribution in [3.63, 3.8) is 0 Å². The molecule has 0 bridgehead atoms. The molecule has 0 aliphatic carbocycles. The summed E-state index contributed by atoms with van der Waals surface area (Å²) in [6.07, 6.45) is 1.85. The molecule has 0 saturated carbocycles. The SMILES string of the molecule is Fc1cc(F)cc(-c2cccc3[nH]c4c(c23)CCN(Cc2ccccc2)CC4)c1. The van der Waals surface area contributed by atoms with Crippen molar-refractivity contribution in [3.05, 3.63) is 95.2 Å². The van der Waals surface area contributed by atoms with E-state index in [2.05, 4.69) is 34.1 Å². The van der Waals surface area contributed by atoms with Crippen molar-refractivity contribution in [3.8, 4) is 11.1 Å². The molecule has 1 aliphatic heterocycles. The highest BCUT2D eigenvalue weighted by molar-refractivity contribution is 5.98. The van der Waals surface area contributed by atoms with Crippen LogP contribution in [0.25, 0.3) is 22.0 Å². The second-order valence-electron chi connectivity index (χ2n) is 7.73. The van der Waals surface area contributed by atoms with E-state index in [0.717, 1.165) is 55.0 Å². The number of aromatic amines is 1. The van der Waals surface area contributed by atoms with Crippen LogP contribution in [0.4, 0.5) is 8.78 Å². The summed E-state index contributed by atoms with van der Waals surface area (Å²) in [5.74, 6) is -1.10. The Morgan fingerprint density at radius 2 is 1.59 bits per heavy atom. The predicted octanol–water partition coefficient (Wildman–Crippen LogP) is 5.71. The molecule has 2 heterocycles. The fourth-order valence-corrected chi connectivity index (χ4v) is 4.46. The summed E-state index contributed by atoms with van der Waals surface area (Å²) in [5, 5.41) is 1.09. The van der Waals surface area contributed by atoms with Crippen LogP contribution in [0.15, 0.2) is 66.7 Å². The van der Waals surface area contributed by atoms with E-state index in [9.17, 15) is 8.78 Å². The topological polar surface area (TPSA) is 19.0 Å². The van der Waals surface area contributed by atoms with E-state index < -0.39 is 11.6 Å². The zero-order valence-electron chi connectivity index (χ0n) is 16.1. The van der Waals surface area contributed by atoms with Gasteiger partial charge in [0.05, 0.1) is 0 Å². The third kappa shape index (κ3) is 3.56. The number of halogens is 2. The predicted molar refractivity (Wildman–Crippen MR) is 113 cm³/mol. The molecule has 0 amide bonds. The standard InChI is InChI=1S/C25H22F2N2/c26-19-13-18(14-20(27)15-19)21-7-4-8-24-25(21)22-9-11-29(12-10-23(22)28-24)16-17-5-2-1-3-6-17/h1-8,13-15,28H,9-12,16H2. The van der Waals surface area contributed by atoms with Crippen molar-refractivity contribution in [2.24, 2.45) is 0 Å². The normalized spacial score (nSPS) is 14.7. The summed E-state index contributed by atoms with van der Waals surface area (Å²) in [7, 11) is 0. The third-order valence-electron chi connectivity index (χ3n) is 5.79. The van der Waals surface area contributed by atoms with Crippen LogP contribution in [-0.4, -0.2) is 23.0 Å². The van der Waals surface area contributed by atoms with Gasteiger partial charge in [0.25, 0.3) is 0 Å². The Morgan fingerprint density at radius 3 is 2.38 bits per heavy atom. The first-order valence-corrected chi connectivity index (χ1v) is 10.0. The van der Waals surface area contributed by atoms with E-state index in [1.54, 1.807) is 0 Å². The molecule has 0 saturated heterocycles. The van der Waals surface area contributed by atoms with Crippen molar-refractivity contribution in [2.45, 2.75) is 19.4 Å². The van der Waals surface area contributed by atoms with Crippen LogP contribution >= 0.6 is 0 Å². The van der Waals surface area contributed by atoms with Gasteiger partial charge in [0.2, 0.25) is 0 Å². The molecule has 2 nitrogen and oxygen atoms in total. The Labute approximate surface area is 168 Å². The third-order valence-corrected chi connectivity index (χ3v) is 5.79. The van der Waals surface area contributed by atoms with Gasteiger partial charge in [0, 0.05) is 48.7 Å². The lowest BCUT2D eigenvalue weighted by Gasteiger charge is -2.19. The van der Waals surface area contributed by atoms with Crippen LogP contribution in [0.2, 0.25) is 0 Å². The van der Waals surface area contributed by atoms with Crippen molar-refractivity contribution < 1.29 is 8.78 Å². The van der Waals surface area contributed by atoms with Gasteiger partial charge in [-0.3, -0.25) is 4.90 Å². The molecule has 0 fully saturated rings. The van der Waals surface area contributed by atoms with Crippen LogP contribution in [0.5, 0.6) is 0 Å². The Morgan fingerprint density at radius 1 is 0.828 bits per heavy atom. The highest BCUT2D eigenvalue weighted by Crippen LogP contribution is 2.35. The van der Waals surface area contributed by atoms with Crippen molar-refractivity contribution in [1.29, 1.82) is 0 Å². The van der Waals surface area contributed by atoms with E-state index in [1.807, 2.05) is 24.3 Å². The molecule has 1 N–H and O–H groups in total. The van der Waals surface area contributed by atoms with Gasteiger partial charge in [-0.05, 0) is 46.9 Å². The van der Waals surface area contributed by atoms with Crippen LogP contribution in [-0.2, 0) is 19.4 Å². The van der Waals surface area contributed by atoms with E-state index in [-0.39, 0.29) is 0 Å². The minimum atomic E-state index is -0.548. The number of hydrogen-bond donors (Lipinski definition) is 1. The fourth-order valence-electron chi connectivity index (χ4n) is 4.46. The number of rotatable bonds is 3. The van der Waals surface area contributed by atoms with Gasteiger partial charge >= 0.3 is 0 Å². The smallest absolute Gasteiger partial charge is 0.126 e. The summed E-state index contributed by atoms with van der Waals surface area (Å²) in [5.41, 5.74) is 6.33. The Hall–Kier alpha value is -2.98. The average molecular weight is 388 g/mol. The maximum atomic E-state index is 13.8. The van der Waals surface area contributed by atoms with Gasteiger partial charge in [-0.2, -0.15) is 0 Å². The molecule has 146 valence electrons. The summed E-state index contributed by atoms with van der Waals surface area (Å²) in [6.45, 7) is 2.88. The largest absolute Gasteiger partial charge is 0.358 e. The number of aromatic nitrogens is 1. The van der Waals surface area contributed by atoms with Crippen LogP contribution < -0.4 is 0 Å². The van der Waals surface area contributed by atoms with Crippen LogP contribution in [0.3, 0.4) is 0 Å². The van der Waals surface area contributed by atoms with E-state index >= 15 is 0 Å². The van der Waals surface area contributed by atoms with Crippen molar-refractivity contribution in [1.82, 2.24) is 9.88 Å². The molecule has 1 aliphatic rings. The number of benzene rings is 3. The maximum absolute atomic E-state index is 13.8. The van der Waals surface area contributed by atoms with Gasteiger partial charge in [0.15, 0.2) is 0 Å². The first-order chi connectivity index (χ1) is 14.2. The van der Waals surface area contributed by atoms with Gasteiger partial charge < -0.3 is 4.98 Å². The van der Waals surface area contributed by atoms with E-state index in [0.29, 0.717) is 5.56 Å². The van der Waals surface area contributed by atoms with Crippen molar-refractivity contribution >= 4 is 10.9 Å². The summed E-state index contributed by atoms with van der Waals surface area (Å²) in [6, 6.07) is 20.2. The molecule has 5 rings (SSSR count). The number of hydrogen-bond acceptors (Lipinski definition) is 1. The maximum Gasteiger partial charge on any atom is 0.126 e. The number of nitrogens with one attached hydrogen (secondary N) is 1. The molecule has 4 aromatic rings. The minimum absolute atomic E-state index is 0.548. The molecule has 0 spiro atoms. The molecule has 1 aromatic heterocycles. The quantitative estimate of drug-likeness (QED) is 0.476. The molecule has 0 unspecified atom stereocenters.